The number of carbonyl (C=O) groups is 1. The summed E-state index contributed by atoms with van der Waals surface area (Å²) in [5.41, 5.74) is 0.954. The summed E-state index contributed by atoms with van der Waals surface area (Å²) in [5.74, 6) is 0.596. The number of hydrogen-bond acceptors (Lipinski definition) is 2. The number of amides is 1. The molecule has 2 heterocycles. The van der Waals surface area contributed by atoms with E-state index in [0.29, 0.717) is 5.92 Å². The van der Waals surface area contributed by atoms with E-state index in [2.05, 4.69) is 6.92 Å². The second-order valence-corrected chi connectivity index (χ2v) is 7.08. The van der Waals surface area contributed by atoms with Crippen molar-refractivity contribution in [3.63, 3.8) is 0 Å². The van der Waals surface area contributed by atoms with E-state index in [1.807, 2.05) is 17.0 Å². The standard InChI is InChI=1S/C18H20FNOS/c1-13-3-2-11-20(12-10-13)18(21)17-9-8-16(22-17)14-4-6-15(19)7-5-14/h4-9,13H,2-3,10-12H2,1H3/t13-/m0/s1. The van der Waals surface area contributed by atoms with E-state index in [0.717, 1.165) is 41.2 Å². The lowest BCUT2D eigenvalue weighted by Crippen LogP contribution is -2.31. The lowest BCUT2D eigenvalue weighted by molar-refractivity contribution is 0.0765. The largest absolute Gasteiger partial charge is 0.338 e. The van der Waals surface area contributed by atoms with Gasteiger partial charge in [-0.3, -0.25) is 4.79 Å². The Morgan fingerprint density at radius 1 is 1.14 bits per heavy atom. The minimum absolute atomic E-state index is 0.132. The van der Waals surface area contributed by atoms with E-state index in [-0.39, 0.29) is 11.7 Å². The number of nitrogens with zero attached hydrogens (tertiary/aromatic N) is 1. The highest BCUT2D eigenvalue weighted by molar-refractivity contribution is 7.17. The molecule has 116 valence electrons. The zero-order valence-corrected chi connectivity index (χ0v) is 13.5. The van der Waals surface area contributed by atoms with Gasteiger partial charge in [0.25, 0.3) is 5.91 Å². The molecular formula is C18H20FNOS. The van der Waals surface area contributed by atoms with Crippen LogP contribution in [0.15, 0.2) is 36.4 Å². The van der Waals surface area contributed by atoms with E-state index >= 15 is 0 Å². The molecular weight excluding hydrogens is 297 g/mol. The van der Waals surface area contributed by atoms with Gasteiger partial charge in [0.05, 0.1) is 4.88 Å². The molecule has 0 unspecified atom stereocenters. The summed E-state index contributed by atoms with van der Waals surface area (Å²) in [6, 6.07) is 10.2. The lowest BCUT2D eigenvalue weighted by atomic mass is 10.0. The van der Waals surface area contributed by atoms with Crippen LogP contribution in [0.2, 0.25) is 0 Å². The van der Waals surface area contributed by atoms with Crippen molar-refractivity contribution in [3.05, 3.63) is 47.1 Å². The van der Waals surface area contributed by atoms with Crippen molar-refractivity contribution >= 4 is 17.2 Å². The van der Waals surface area contributed by atoms with Gasteiger partial charge in [0, 0.05) is 18.0 Å². The van der Waals surface area contributed by atoms with Gasteiger partial charge < -0.3 is 4.90 Å². The fraction of sp³-hybridized carbons (Fsp3) is 0.389. The van der Waals surface area contributed by atoms with Crippen molar-refractivity contribution in [3.8, 4) is 10.4 Å². The normalized spacial score (nSPS) is 19.0. The molecule has 1 saturated heterocycles. The minimum Gasteiger partial charge on any atom is -0.338 e. The second-order valence-electron chi connectivity index (χ2n) is 6.00. The first-order chi connectivity index (χ1) is 10.6. The number of thiophene rings is 1. The van der Waals surface area contributed by atoms with Crippen LogP contribution < -0.4 is 0 Å². The molecule has 0 saturated carbocycles. The van der Waals surface area contributed by atoms with Crippen LogP contribution in [0.25, 0.3) is 10.4 Å². The molecule has 0 N–H and O–H groups in total. The molecule has 0 bridgehead atoms. The Kier molecular flexibility index (Phi) is 4.57. The van der Waals surface area contributed by atoms with Gasteiger partial charge in [-0.25, -0.2) is 4.39 Å². The minimum atomic E-state index is -0.240. The van der Waals surface area contributed by atoms with Crippen molar-refractivity contribution in [2.75, 3.05) is 13.1 Å². The number of benzene rings is 1. The zero-order valence-electron chi connectivity index (χ0n) is 12.7. The lowest BCUT2D eigenvalue weighted by Gasteiger charge is -2.19. The van der Waals surface area contributed by atoms with E-state index in [9.17, 15) is 9.18 Å². The third-order valence-corrected chi connectivity index (χ3v) is 5.37. The van der Waals surface area contributed by atoms with Gasteiger partial charge in [-0.2, -0.15) is 0 Å². The molecule has 0 aliphatic carbocycles. The van der Waals surface area contributed by atoms with Gasteiger partial charge in [-0.05, 0) is 55.0 Å². The number of hydrogen-bond donors (Lipinski definition) is 0. The average Bonchev–Trinajstić information content (AvgIpc) is 2.90. The second kappa shape index (κ2) is 6.61. The smallest absolute Gasteiger partial charge is 0.263 e. The topological polar surface area (TPSA) is 20.3 Å². The van der Waals surface area contributed by atoms with Gasteiger partial charge in [0.15, 0.2) is 0 Å². The van der Waals surface area contributed by atoms with Crippen molar-refractivity contribution in [2.24, 2.45) is 5.92 Å². The van der Waals surface area contributed by atoms with Crippen LogP contribution >= 0.6 is 11.3 Å². The van der Waals surface area contributed by atoms with E-state index < -0.39 is 0 Å². The predicted octanol–water partition coefficient (Wildman–Crippen LogP) is 4.82. The van der Waals surface area contributed by atoms with Gasteiger partial charge in [-0.15, -0.1) is 11.3 Å². The highest BCUT2D eigenvalue weighted by atomic mass is 32.1. The number of halogens is 1. The van der Waals surface area contributed by atoms with Crippen LogP contribution in [-0.2, 0) is 0 Å². The van der Waals surface area contributed by atoms with Gasteiger partial charge in [-0.1, -0.05) is 19.1 Å². The van der Waals surface area contributed by atoms with Crippen LogP contribution in [-0.4, -0.2) is 23.9 Å². The molecule has 22 heavy (non-hydrogen) atoms. The molecule has 1 aliphatic heterocycles. The van der Waals surface area contributed by atoms with Crippen molar-refractivity contribution in [1.29, 1.82) is 0 Å². The summed E-state index contributed by atoms with van der Waals surface area (Å²) in [4.78, 5) is 16.4. The summed E-state index contributed by atoms with van der Waals surface area (Å²) >= 11 is 1.49. The summed E-state index contributed by atoms with van der Waals surface area (Å²) in [6.45, 7) is 3.96. The molecule has 4 heteroatoms. The SMILES string of the molecule is C[C@H]1CCCN(C(=O)c2ccc(-c3ccc(F)cc3)s2)CC1. The Labute approximate surface area is 134 Å². The van der Waals surface area contributed by atoms with E-state index in [4.69, 9.17) is 0 Å². The first-order valence-electron chi connectivity index (χ1n) is 7.78. The molecule has 0 spiro atoms. The number of likely N-dealkylation sites (tertiary alicyclic amines) is 1. The first-order valence-corrected chi connectivity index (χ1v) is 8.60. The molecule has 1 aromatic carbocycles. The third kappa shape index (κ3) is 3.38. The molecule has 2 nitrogen and oxygen atoms in total. The fourth-order valence-electron chi connectivity index (χ4n) is 2.84. The van der Waals surface area contributed by atoms with Crippen LogP contribution in [0.3, 0.4) is 0 Å². The Bertz CT molecular complexity index is 649. The molecule has 1 aliphatic rings. The summed E-state index contributed by atoms with van der Waals surface area (Å²) in [6.07, 6.45) is 3.38. The Balaban J connectivity index is 1.75. The Morgan fingerprint density at radius 3 is 2.68 bits per heavy atom. The van der Waals surface area contributed by atoms with Crippen molar-refractivity contribution < 1.29 is 9.18 Å². The van der Waals surface area contributed by atoms with Crippen LogP contribution in [0.1, 0.15) is 35.9 Å². The van der Waals surface area contributed by atoms with Crippen LogP contribution in [0.4, 0.5) is 4.39 Å². The van der Waals surface area contributed by atoms with Gasteiger partial charge in [0.2, 0.25) is 0 Å². The molecule has 2 aromatic rings. The van der Waals surface area contributed by atoms with Crippen molar-refractivity contribution in [1.82, 2.24) is 4.90 Å². The first kappa shape index (κ1) is 15.2. The summed E-state index contributed by atoms with van der Waals surface area (Å²) in [7, 11) is 0. The monoisotopic (exact) mass is 317 g/mol. The maximum atomic E-state index is 13.0. The van der Waals surface area contributed by atoms with Crippen LogP contribution in [0, 0.1) is 11.7 Å². The zero-order chi connectivity index (χ0) is 15.5. The van der Waals surface area contributed by atoms with E-state index in [1.165, 1.54) is 29.9 Å². The predicted molar refractivity (Wildman–Crippen MR) is 88.6 cm³/mol. The summed E-state index contributed by atoms with van der Waals surface area (Å²) in [5, 5.41) is 0. The third-order valence-electron chi connectivity index (χ3n) is 4.25. The number of rotatable bonds is 2. The molecule has 1 fully saturated rings. The van der Waals surface area contributed by atoms with Gasteiger partial charge in [0.1, 0.15) is 5.82 Å². The number of carbonyl (C=O) groups excluding carboxylic acids is 1. The highest BCUT2D eigenvalue weighted by Crippen LogP contribution is 2.29. The molecule has 0 radical (unpaired) electrons. The maximum Gasteiger partial charge on any atom is 0.263 e. The molecule has 3 rings (SSSR count). The molecule has 1 atom stereocenters. The molecule has 1 amide bonds. The van der Waals surface area contributed by atoms with Gasteiger partial charge >= 0.3 is 0 Å². The highest BCUT2D eigenvalue weighted by Gasteiger charge is 2.21. The average molecular weight is 317 g/mol. The van der Waals surface area contributed by atoms with Crippen molar-refractivity contribution in [2.45, 2.75) is 26.2 Å². The Morgan fingerprint density at radius 2 is 1.91 bits per heavy atom. The quantitative estimate of drug-likeness (QED) is 0.778. The fourth-order valence-corrected chi connectivity index (χ4v) is 3.82. The maximum absolute atomic E-state index is 13.0. The van der Waals surface area contributed by atoms with E-state index in [1.54, 1.807) is 12.1 Å². The molecule has 1 aromatic heterocycles. The Hall–Kier alpha value is -1.68. The summed E-state index contributed by atoms with van der Waals surface area (Å²) < 4.78 is 13.0. The van der Waals surface area contributed by atoms with Crippen LogP contribution in [0.5, 0.6) is 0 Å².